The van der Waals surface area contributed by atoms with Gasteiger partial charge in [-0.2, -0.15) is 0 Å². The quantitative estimate of drug-likeness (QED) is 0.809. The highest BCUT2D eigenvalue weighted by atomic mass is 35.5. The Labute approximate surface area is 107 Å². The Morgan fingerprint density at radius 3 is 2.82 bits per heavy atom. The highest BCUT2D eigenvalue weighted by molar-refractivity contribution is 6.30. The van der Waals surface area contributed by atoms with Crippen LogP contribution in [0.25, 0.3) is 0 Å². The summed E-state index contributed by atoms with van der Waals surface area (Å²) in [6.45, 7) is 5.88. The highest BCUT2D eigenvalue weighted by Gasteiger charge is 2.16. The van der Waals surface area contributed by atoms with Gasteiger partial charge in [-0.05, 0) is 26.0 Å². The summed E-state index contributed by atoms with van der Waals surface area (Å²) in [4.78, 5) is 0. The fraction of sp³-hybridized carbons (Fsp3) is 0.538. The smallest absolute Gasteiger partial charge is 0.146 e. The van der Waals surface area contributed by atoms with Gasteiger partial charge in [-0.1, -0.05) is 30.7 Å². The van der Waals surface area contributed by atoms with Crippen LogP contribution in [-0.2, 0) is 4.74 Å². The Hall–Kier alpha value is -0.640. The first-order valence-electron chi connectivity index (χ1n) is 5.95. The number of hydrogen-bond donors (Lipinski definition) is 1. The summed E-state index contributed by atoms with van der Waals surface area (Å²) >= 11 is 5.78. The average Bonchev–Trinajstić information content (AvgIpc) is 2.34. The van der Waals surface area contributed by atoms with Crippen molar-refractivity contribution in [3.63, 3.8) is 0 Å². The van der Waals surface area contributed by atoms with Gasteiger partial charge in [0.25, 0.3) is 0 Å². The van der Waals surface area contributed by atoms with Gasteiger partial charge in [0, 0.05) is 12.2 Å². The molecule has 1 N–H and O–H groups in total. The van der Waals surface area contributed by atoms with Gasteiger partial charge in [-0.3, -0.25) is 0 Å². The summed E-state index contributed by atoms with van der Waals surface area (Å²) in [6.07, 6.45) is 0.991. The average molecular weight is 260 g/mol. The van der Waals surface area contributed by atoms with Crippen molar-refractivity contribution in [1.82, 2.24) is 5.32 Å². The van der Waals surface area contributed by atoms with E-state index in [9.17, 15) is 4.39 Å². The lowest BCUT2D eigenvalue weighted by molar-refractivity contribution is 0.122. The standard InChI is InChI=1S/C13H19ClFNO/c1-3-8-16-12(9-17-4-2)10-6-5-7-11(14)13(10)15/h5-7,12,16H,3-4,8-9H2,1-2H3. The molecule has 0 bridgehead atoms. The number of hydrogen-bond acceptors (Lipinski definition) is 2. The molecule has 1 aromatic rings. The SMILES string of the molecule is CCCNC(COCC)c1cccc(Cl)c1F. The molecule has 0 aromatic heterocycles. The molecule has 17 heavy (non-hydrogen) atoms. The molecular weight excluding hydrogens is 241 g/mol. The molecule has 4 heteroatoms. The maximum Gasteiger partial charge on any atom is 0.146 e. The van der Waals surface area contributed by atoms with Crippen molar-refractivity contribution >= 4 is 11.6 Å². The van der Waals surface area contributed by atoms with Gasteiger partial charge < -0.3 is 10.1 Å². The molecule has 0 saturated carbocycles. The van der Waals surface area contributed by atoms with Crippen LogP contribution in [0.4, 0.5) is 4.39 Å². The molecule has 0 fully saturated rings. The van der Waals surface area contributed by atoms with Gasteiger partial charge in [0.2, 0.25) is 0 Å². The number of ether oxygens (including phenoxy) is 1. The van der Waals surface area contributed by atoms with E-state index in [1.165, 1.54) is 0 Å². The predicted molar refractivity (Wildman–Crippen MR) is 68.9 cm³/mol. The second kappa shape index (κ2) is 7.64. The zero-order valence-electron chi connectivity index (χ0n) is 10.3. The third kappa shape index (κ3) is 4.26. The van der Waals surface area contributed by atoms with Gasteiger partial charge in [0.15, 0.2) is 0 Å². The predicted octanol–water partition coefficient (Wildman–Crippen LogP) is 3.56. The monoisotopic (exact) mass is 259 g/mol. The van der Waals surface area contributed by atoms with Crippen molar-refractivity contribution in [3.05, 3.63) is 34.6 Å². The zero-order chi connectivity index (χ0) is 12.7. The molecule has 0 saturated heterocycles. The minimum Gasteiger partial charge on any atom is -0.380 e. The molecule has 0 amide bonds. The van der Waals surface area contributed by atoms with E-state index in [2.05, 4.69) is 12.2 Å². The van der Waals surface area contributed by atoms with E-state index < -0.39 is 0 Å². The van der Waals surface area contributed by atoms with E-state index in [1.54, 1.807) is 18.2 Å². The highest BCUT2D eigenvalue weighted by Crippen LogP contribution is 2.23. The summed E-state index contributed by atoms with van der Waals surface area (Å²) < 4.78 is 19.2. The van der Waals surface area contributed by atoms with Crippen molar-refractivity contribution < 1.29 is 9.13 Å². The van der Waals surface area contributed by atoms with Crippen LogP contribution in [0.3, 0.4) is 0 Å². The van der Waals surface area contributed by atoms with Gasteiger partial charge in [0.1, 0.15) is 5.82 Å². The maximum absolute atomic E-state index is 13.9. The lowest BCUT2D eigenvalue weighted by Crippen LogP contribution is -2.27. The zero-order valence-corrected chi connectivity index (χ0v) is 11.1. The molecule has 2 nitrogen and oxygen atoms in total. The van der Waals surface area contributed by atoms with E-state index in [4.69, 9.17) is 16.3 Å². The van der Waals surface area contributed by atoms with Crippen molar-refractivity contribution in [2.45, 2.75) is 26.3 Å². The summed E-state index contributed by atoms with van der Waals surface area (Å²) in [7, 11) is 0. The van der Waals surface area contributed by atoms with Crippen LogP contribution in [0, 0.1) is 5.82 Å². The maximum atomic E-state index is 13.9. The Bertz CT molecular complexity index is 338. The molecule has 0 spiro atoms. The Balaban J connectivity index is 2.83. The van der Waals surface area contributed by atoms with Crippen molar-refractivity contribution in [1.29, 1.82) is 0 Å². The topological polar surface area (TPSA) is 21.3 Å². The molecule has 0 aliphatic carbocycles. The van der Waals surface area contributed by atoms with Crippen molar-refractivity contribution in [2.75, 3.05) is 19.8 Å². The molecule has 0 heterocycles. The van der Waals surface area contributed by atoms with Gasteiger partial charge in [-0.15, -0.1) is 0 Å². The first-order valence-corrected chi connectivity index (χ1v) is 6.33. The molecule has 96 valence electrons. The largest absolute Gasteiger partial charge is 0.380 e. The number of benzene rings is 1. The van der Waals surface area contributed by atoms with E-state index >= 15 is 0 Å². The summed E-state index contributed by atoms with van der Waals surface area (Å²) in [5.41, 5.74) is 0.569. The van der Waals surface area contributed by atoms with Crippen LogP contribution in [0.2, 0.25) is 5.02 Å². The van der Waals surface area contributed by atoms with Gasteiger partial charge in [-0.25, -0.2) is 4.39 Å². The number of nitrogens with one attached hydrogen (secondary N) is 1. The third-order valence-electron chi connectivity index (χ3n) is 2.49. The van der Waals surface area contributed by atoms with E-state index in [-0.39, 0.29) is 16.9 Å². The van der Waals surface area contributed by atoms with Gasteiger partial charge >= 0.3 is 0 Å². The van der Waals surface area contributed by atoms with E-state index in [0.717, 1.165) is 13.0 Å². The summed E-state index contributed by atoms with van der Waals surface area (Å²) in [6, 6.07) is 4.91. The molecule has 1 unspecified atom stereocenters. The Kier molecular flexibility index (Phi) is 6.48. The normalized spacial score (nSPS) is 12.7. The fourth-order valence-electron chi connectivity index (χ4n) is 1.60. The first kappa shape index (κ1) is 14.4. The molecule has 1 rings (SSSR count). The summed E-state index contributed by atoms with van der Waals surface area (Å²) in [5.74, 6) is -0.359. The van der Waals surface area contributed by atoms with E-state index in [1.807, 2.05) is 6.92 Å². The Morgan fingerprint density at radius 2 is 2.18 bits per heavy atom. The second-order valence-electron chi connectivity index (χ2n) is 3.81. The first-order chi connectivity index (χ1) is 8.20. The Morgan fingerprint density at radius 1 is 1.41 bits per heavy atom. The van der Waals surface area contributed by atoms with Crippen molar-refractivity contribution in [3.8, 4) is 0 Å². The third-order valence-corrected chi connectivity index (χ3v) is 2.78. The van der Waals surface area contributed by atoms with Crippen LogP contribution in [0.5, 0.6) is 0 Å². The minimum absolute atomic E-state index is 0.145. The second-order valence-corrected chi connectivity index (χ2v) is 4.22. The van der Waals surface area contributed by atoms with Crippen LogP contribution in [-0.4, -0.2) is 19.8 Å². The molecule has 0 aliphatic rings. The molecule has 1 atom stereocenters. The lowest BCUT2D eigenvalue weighted by Gasteiger charge is -2.19. The lowest BCUT2D eigenvalue weighted by atomic mass is 10.1. The molecule has 1 aromatic carbocycles. The summed E-state index contributed by atoms with van der Waals surface area (Å²) in [5, 5.41) is 3.42. The number of rotatable bonds is 7. The van der Waals surface area contributed by atoms with Gasteiger partial charge in [0.05, 0.1) is 17.7 Å². The fourth-order valence-corrected chi connectivity index (χ4v) is 1.78. The number of halogens is 2. The minimum atomic E-state index is -0.359. The molecule has 0 aliphatic heterocycles. The van der Waals surface area contributed by atoms with E-state index in [0.29, 0.717) is 18.8 Å². The van der Waals surface area contributed by atoms with Crippen LogP contribution in [0.15, 0.2) is 18.2 Å². The van der Waals surface area contributed by atoms with Crippen LogP contribution in [0.1, 0.15) is 31.9 Å². The molecular formula is C13H19ClFNO. The van der Waals surface area contributed by atoms with Crippen LogP contribution < -0.4 is 5.32 Å². The van der Waals surface area contributed by atoms with Crippen LogP contribution >= 0.6 is 11.6 Å². The molecule has 0 radical (unpaired) electrons. The van der Waals surface area contributed by atoms with Crippen molar-refractivity contribution in [2.24, 2.45) is 0 Å².